The number of hydrogen-bond acceptors (Lipinski definition) is 5. The third-order valence-electron chi connectivity index (χ3n) is 2.20. The van der Waals surface area contributed by atoms with E-state index >= 15 is 0 Å². The number of methoxy groups -OCH3 is 1. The van der Waals surface area contributed by atoms with Gasteiger partial charge in [-0.1, -0.05) is 11.6 Å². The second-order valence-electron chi connectivity index (χ2n) is 3.37. The van der Waals surface area contributed by atoms with Crippen LogP contribution in [0.25, 0.3) is 0 Å². The van der Waals surface area contributed by atoms with E-state index in [1.54, 1.807) is 11.8 Å². The van der Waals surface area contributed by atoms with Gasteiger partial charge in [-0.15, -0.1) is 0 Å². The first-order valence-electron chi connectivity index (χ1n) is 4.97. The van der Waals surface area contributed by atoms with Gasteiger partial charge in [-0.3, -0.25) is 0 Å². The van der Waals surface area contributed by atoms with Gasteiger partial charge in [0.25, 0.3) is 0 Å². The lowest BCUT2D eigenvalue weighted by atomic mass is 10.4. The van der Waals surface area contributed by atoms with Crippen LogP contribution in [0.4, 0.5) is 5.82 Å². The molecule has 0 fully saturated rings. The van der Waals surface area contributed by atoms with Gasteiger partial charge in [0.1, 0.15) is 17.2 Å². The summed E-state index contributed by atoms with van der Waals surface area (Å²) in [6, 6.07) is 1.85. The minimum Gasteiger partial charge on any atom is -0.481 e. The summed E-state index contributed by atoms with van der Waals surface area (Å²) in [5, 5.41) is 7.83. The molecule has 0 aliphatic heterocycles. The highest BCUT2D eigenvalue weighted by Gasteiger charge is 2.06. The van der Waals surface area contributed by atoms with Crippen molar-refractivity contribution in [1.82, 2.24) is 19.7 Å². The van der Waals surface area contributed by atoms with Crippen LogP contribution in [-0.4, -0.2) is 26.9 Å². The average molecular weight is 254 g/mol. The largest absolute Gasteiger partial charge is 0.481 e. The molecule has 90 valence electrons. The summed E-state index contributed by atoms with van der Waals surface area (Å²) >= 11 is 5.92. The van der Waals surface area contributed by atoms with Crippen molar-refractivity contribution >= 4 is 17.4 Å². The summed E-state index contributed by atoms with van der Waals surface area (Å²) in [6.07, 6.45) is 2.98. The first kappa shape index (κ1) is 11.7. The fourth-order valence-electron chi connectivity index (χ4n) is 1.40. The monoisotopic (exact) mass is 253 g/mol. The molecule has 0 aromatic carbocycles. The topological polar surface area (TPSA) is 64.9 Å². The lowest BCUT2D eigenvalue weighted by Crippen LogP contribution is -2.03. The molecule has 0 unspecified atom stereocenters. The normalized spacial score (nSPS) is 10.3. The van der Waals surface area contributed by atoms with Crippen LogP contribution in [0, 0.1) is 0 Å². The Morgan fingerprint density at radius 1 is 1.53 bits per heavy atom. The molecule has 0 radical (unpaired) electrons. The highest BCUT2D eigenvalue weighted by atomic mass is 35.5. The molecule has 0 saturated heterocycles. The lowest BCUT2D eigenvalue weighted by Gasteiger charge is -2.03. The Labute approximate surface area is 104 Å². The molecule has 0 aliphatic rings. The molecule has 17 heavy (non-hydrogen) atoms. The molecule has 1 N–H and O–H groups in total. The summed E-state index contributed by atoms with van der Waals surface area (Å²) in [6.45, 7) is 0.522. The van der Waals surface area contributed by atoms with E-state index in [0.717, 1.165) is 5.69 Å². The summed E-state index contributed by atoms with van der Waals surface area (Å²) in [4.78, 5) is 7.83. The van der Waals surface area contributed by atoms with Crippen molar-refractivity contribution in [2.24, 2.45) is 7.05 Å². The molecule has 2 aromatic rings. The van der Waals surface area contributed by atoms with Gasteiger partial charge in [0.2, 0.25) is 5.88 Å². The van der Waals surface area contributed by atoms with Crippen LogP contribution in [0.2, 0.25) is 5.02 Å². The molecule has 2 aromatic heterocycles. The van der Waals surface area contributed by atoms with Gasteiger partial charge in [-0.05, 0) is 0 Å². The predicted molar refractivity (Wildman–Crippen MR) is 64.1 cm³/mol. The number of aryl methyl sites for hydroxylation is 1. The molecule has 0 bridgehead atoms. The maximum absolute atomic E-state index is 5.92. The van der Waals surface area contributed by atoms with E-state index in [2.05, 4.69) is 20.4 Å². The van der Waals surface area contributed by atoms with Gasteiger partial charge in [-0.2, -0.15) is 5.10 Å². The van der Waals surface area contributed by atoms with Crippen LogP contribution in [0.3, 0.4) is 0 Å². The zero-order valence-corrected chi connectivity index (χ0v) is 10.3. The van der Waals surface area contributed by atoms with Crippen LogP contribution >= 0.6 is 11.6 Å². The lowest BCUT2D eigenvalue weighted by molar-refractivity contribution is 0.373. The van der Waals surface area contributed by atoms with Crippen LogP contribution < -0.4 is 10.1 Å². The SMILES string of the molecule is COc1cc(CNc2ncncc2Cl)nn1C. The first-order chi connectivity index (χ1) is 8.20. The summed E-state index contributed by atoms with van der Waals surface area (Å²) in [5.74, 6) is 1.29. The van der Waals surface area contributed by atoms with E-state index in [4.69, 9.17) is 16.3 Å². The van der Waals surface area contributed by atoms with Crippen molar-refractivity contribution in [2.75, 3.05) is 12.4 Å². The Morgan fingerprint density at radius 3 is 3.00 bits per heavy atom. The third kappa shape index (κ3) is 2.65. The number of nitrogens with one attached hydrogen (secondary N) is 1. The van der Waals surface area contributed by atoms with Crippen LogP contribution in [-0.2, 0) is 13.6 Å². The third-order valence-corrected chi connectivity index (χ3v) is 2.48. The van der Waals surface area contributed by atoms with Gasteiger partial charge < -0.3 is 10.1 Å². The first-order valence-corrected chi connectivity index (χ1v) is 5.35. The van der Waals surface area contributed by atoms with Gasteiger partial charge >= 0.3 is 0 Å². The molecule has 0 saturated carbocycles. The van der Waals surface area contributed by atoms with Gasteiger partial charge in [0.15, 0.2) is 0 Å². The Morgan fingerprint density at radius 2 is 2.35 bits per heavy atom. The summed E-state index contributed by atoms with van der Waals surface area (Å²) in [7, 11) is 3.43. The summed E-state index contributed by atoms with van der Waals surface area (Å²) < 4.78 is 6.79. The molecule has 0 amide bonds. The van der Waals surface area contributed by atoms with E-state index in [9.17, 15) is 0 Å². The van der Waals surface area contributed by atoms with Crippen molar-refractivity contribution in [1.29, 1.82) is 0 Å². The minimum atomic E-state index is 0.482. The zero-order chi connectivity index (χ0) is 12.3. The molecular weight excluding hydrogens is 242 g/mol. The zero-order valence-electron chi connectivity index (χ0n) is 9.51. The number of ether oxygens (including phenoxy) is 1. The van der Waals surface area contributed by atoms with E-state index in [1.165, 1.54) is 12.5 Å². The Kier molecular flexibility index (Phi) is 3.43. The molecule has 0 spiro atoms. The van der Waals surface area contributed by atoms with Crippen molar-refractivity contribution < 1.29 is 4.74 Å². The predicted octanol–water partition coefficient (Wildman–Crippen LogP) is 1.48. The van der Waals surface area contributed by atoms with Crippen LogP contribution in [0.5, 0.6) is 5.88 Å². The average Bonchev–Trinajstić information content (AvgIpc) is 2.69. The van der Waals surface area contributed by atoms with Gasteiger partial charge in [0.05, 0.1) is 25.5 Å². The number of nitrogens with zero attached hydrogens (tertiary/aromatic N) is 4. The van der Waals surface area contributed by atoms with E-state index < -0.39 is 0 Å². The van der Waals surface area contributed by atoms with Crippen LogP contribution in [0.15, 0.2) is 18.6 Å². The molecule has 0 aliphatic carbocycles. The highest BCUT2D eigenvalue weighted by Crippen LogP contribution is 2.17. The van der Waals surface area contributed by atoms with Gasteiger partial charge in [-0.25, -0.2) is 14.6 Å². The Bertz CT molecular complexity index is 513. The quantitative estimate of drug-likeness (QED) is 0.894. The maximum Gasteiger partial charge on any atom is 0.211 e. The minimum absolute atomic E-state index is 0.482. The van der Waals surface area contributed by atoms with Gasteiger partial charge in [0, 0.05) is 13.1 Å². The fourth-order valence-corrected chi connectivity index (χ4v) is 1.57. The number of halogens is 1. The molecule has 7 heteroatoms. The van der Waals surface area contributed by atoms with E-state index in [-0.39, 0.29) is 0 Å². The number of anilines is 1. The van der Waals surface area contributed by atoms with Crippen molar-refractivity contribution in [2.45, 2.75) is 6.54 Å². The smallest absolute Gasteiger partial charge is 0.211 e. The van der Waals surface area contributed by atoms with Crippen LogP contribution in [0.1, 0.15) is 5.69 Å². The number of hydrogen-bond donors (Lipinski definition) is 1. The van der Waals surface area contributed by atoms with E-state index in [0.29, 0.717) is 23.3 Å². The Balaban J connectivity index is 2.05. The van der Waals surface area contributed by atoms with Crippen molar-refractivity contribution in [3.05, 3.63) is 29.3 Å². The maximum atomic E-state index is 5.92. The van der Waals surface area contributed by atoms with Crippen molar-refractivity contribution in [3.8, 4) is 5.88 Å². The molecule has 6 nitrogen and oxygen atoms in total. The standard InChI is InChI=1S/C10H12ClN5O/c1-16-9(17-2)3-7(15-16)4-13-10-8(11)5-12-6-14-10/h3,5-6H,4H2,1-2H3,(H,12,13,14). The van der Waals surface area contributed by atoms with E-state index in [1.807, 2.05) is 13.1 Å². The fraction of sp³-hybridized carbons (Fsp3) is 0.300. The highest BCUT2D eigenvalue weighted by molar-refractivity contribution is 6.32. The molecule has 2 heterocycles. The number of rotatable bonds is 4. The number of aromatic nitrogens is 4. The second-order valence-corrected chi connectivity index (χ2v) is 3.78. The molecular formula is C10H12ClN5O. The Hall–Kier alpha value is -1.82. The second kappa shape index (κ2) is 5.01. The van der Waals surface area contributed by atoms with Crippen molar-refractivity contribution in [3.63, 3.8) is 0 Å². The molecule has 2 rings (SSSR count). The summed E-state index contributed by atoms with van der Waals surface area (Å²) in [5.41, 5.74) is 0.846. The molecule has 0 atom stereocenters.